The fourth-order valence-electron chi connectivity index (χ4n) is 0.983. The Morgan fingerprint density at radius 1 is 1.54 bits per heavy atom. The van der Waals surface area contributed by atoms with Gasteiger partial charge in [0.15, 0.2) is 0 Å². The third kappa shape index (κ3) is 2.12. The van der Waals surface area contributed by atoms with E-state index in [0.717, 1.165) is 0 Å². The number of nitro groups is 1. The molecule has 0 aliphatic carbocycles. The van der Waals surface area contributed by atoms with Gasteiger partial charge in [0.2, 0.25) is 4.69 Å². The molecule has 68 valence electrons. The first-order valence-corrected chi connectivity index (χ1v) is 4.26. The van der Waals surface area contributed by atoms with Crippen LogP contribution in [0.5, 0.6) is 0 Å². The highest BCUT2D eigenvalue weighted by molar-refractivity contribution is 9.18. The second-order valence-electron chi connectivity index (χ2n) is 2.53. The summed E-state index contributed by atoms with van der Waals surface area (Å²) in [6, 6.07) is 4.22. The molecule has 0 bridgehead atoms. The molecule has 4 nitrogen and oxygen atoms in total. The van der Waals surface area contributed by atoms with E-state index in [4.69, 9.17) is 0 Å². The Bertz CT molecular complexity index is 376. The van der Waals surface area contributed by atoms with Crippen LogP contribution in [0.2, 0.25) is 0 Å². The van der Waals surface area contributed by atoms with Crippen molar-refractivity contribution in [2.45, 2.75) is 6.92 Å². The maximum absolute atomic E-state index is 10.8. The average Bonchev–Trinajstić information content (AvgIpc) is 2.03. The maximum Gasteiger partial charge on any atom is 0.272 e. The lowest BCUT2D eigenvalue weighted by Gasteiger charge is -1.98. The molecule has 0 aromatic heterocycles. The molecule has 0 heterocycles. The Morgan fingerprint density at radius 2 is 2.15 bits per heavy atom. The molecule has 0 radical (unpaired) electrons. The van der Waals surface area contributed by atoms with E-state index in [1.807, 2.05) is 0 Å². The van der Waals surface area contributed by atoms with Crippen LogP contribution < -0.4 is 0 Å². The molecule has 0 saturated heterocycles. The number of hydrogen-bond donors (Lipinski definition) is 0. The Labute approximate surface area is 82.8 Å². The molecule has 0 saturated carbocycles. The van der Waals surface area contributed by atoms with Crippen LogP contribution in [0.4, 0.5) is 5.69 Å². The van der Waals surface area contributed by atoms with Crippen LogP contribution in [-0.2, 0) is 0 Å². The van der Waals surface area contributed by atoms with Gasteiger partial charge in [-0.3, -0.25) is 14.9 Å². The number of carbonyl (C=O) groups excluding carboxylic acids is 1. The number of halogens is 1. The van der Waals surface area contributed by atoms with Crippen molar-refractivity contribution in [1.82, 2.24) is 0 Å². The first-order valence-electron chi connectivity index (χ1n) is 3.47. The molecule has 13 heavy (non-hydrogen) atoms. The molecule has 0 unspecified atom stereocenters. The van der Waals surface area contributed by atoms with Gasteiger partial charge in [-0.25, -0.2) is 0 Å². The Morgan fingerprint density at radius 3 is 2.54 bits per heavy atom. The summed E-state index contributed by atoms with van der Waals surface area (Å²) in [6.45, 7) is 1.59. The van der Waals surface area contributed by atoms with Crippen molar-refractivity contribution in [2.75, 3.05) is 0 Å². The summed E-state index contributed by atoms with van der Waals surface area (Å²) in [6.07, 6.45) is 0. The first-order chi connectivity index (χ1) is 6.02. The molecular formula is C8H6BrNO3. The van der Waals surface area contributed by atoms with Gasteiger partial charge in [-0.2, -0.15) is 0 Å². The predicted octanol–water partition coefficient (Wildman–Crippen LogP) is 2.44. The SMILES string of the molecule is Cc1cc(C(=O)Br)ccc1[N+](=O)[O-]. The average molecular weight is 244 g/mol. The van der Waals surface area contributed by atoms with Gasteiger partial charge in [-0.15, -0.1) is 0 Å². The standard InChI is InChI=1S/C8H6BrNO3/c1-5-4-6(8(9)11)2-3-7(5)10(12)13/h2-4H,1H3. The number of rotatable bonds is 2. The van der Waals surface area contributed by atoms with Gasteiger partial charge < -0.3 is 0 Å². The number of benzene rings is 1. The van der Waals surface area contributed by atoms with E-state index in [1.54, 1.807) is 6.92 Å². The second kappa shape index (κ2) is 3.66. The highest BCUT2D eigenvalue weighted by Crippen LogP contribution is 2.19. The maximum atomic E-state index is 10.8. The summed E-state index contributed by atoms with van der Waals surface area (Å²) < 4.78 is -0.273. The number of hydrogen-bond acceptors (Lipinski definition) is 3. The van der Waals surface area contributed by atoms with Crippen molar-refractivity contribution >= 4 is 26.3 Å². The number of nitro benzene ring substituents is 1. The third-order valence-corrected chi connectivity index (χ3v) is 2.08. The van der Waals surface area contributed by atoms with Gasteiger partial charge in [-0.1, -0.05) is 0 Å². The Hall–Kier alpha value is -1.23. The van der Waals surface area contributed by atoms with Crippen molar-refractivity contribution in [2.24, 2.45) is 0 Å². The van der Waals surface area contributed by atoms with Crippen LogP contribution in [0.3, 0.4) is 0 Å². The highest BCUT2D eigenvalue weighted by Gasteiger charge is 2.11. The van der Waals surface area contributed by atoms with Gasteiger partial charge in [-0.05, 0) is 35.0 Å². The van der Waals surface area contributed by atoms with Gasteiger partial charge >= 0.3 is 0 Å². The Kier molecular flexibility index (Phi) is 2.77. The van der Waals surface area contributed by atoms with Gasteiger partial charge in [0.25, 0.3) is 5.69 Å². The first kappa shape index (κ1) is 9.85. The van der Waals surface area contributed by atoms with Crippen molar-refractivity contribution in [3.05, 3.63) is 39.4 Å². The number of nitrogens with zero attached hydrogens (tertiary/aromatic N) is 1. The fraction of sp³-hybridized carbons (Fsp3) is 0.125. The minimum atomic E-state index is -0.474. The summed E-state index contributed by atoms with van der Waals surface area (Å²) in [5.41, 5.74) is 0.927. The topological polar surface area (TPSA) is 60.2 Å². The molecule has 5 heteroatoms. The van der Waals surface area contributed by atoms with E-state index < -0.39 is 4.92 Å². The minimum absolute atomic E-state index is 0.0255. The molecule has 0 atom stereocenters. The molecule has 0 fully saturated rings. The van der Waals surface area contributed by atoms with Crippen molar-refractivity contribution in [3.8, 4) is 0 Å². The Balaban J connectivity index is 3.20. The van der Waals surface area contributed by atoms with Crippen LogP contribution in [0, 0.1) is 17.0 Å². The van der Waals surface area contributed by atoms with E-state index in [2.05, 4.69) is 15.9 Å². The summed E-state index contributed by atoms with van der Waals surface area (Å²) in [4.78, 5) is 20.8. The van der Waals surface area contributed by atoms with E-state index in [9.17, 15) is 14.9 Å². The number of carbonyl (C=O) groups is 1. The van der Waals surface area contributed by atoms with Gasteiger partial charge in [0, 0.05) is 17.2 Å². The second-order valence-corrected chi connectivity index (χ2v) is 3.25. The van der Waals surface area contributed by atoms with E-state index >= 15 is 0 Å². The molecule has 0 amide bonds. The lowest BCUT2D eigenvalue weighted by molar-refractivity contribution is -0.385. The lowest BCUT2D eigenvalue weighted by Crippen LogP contribution is -1.94. The molecule has 0 N–H and O–H groups in total. The molecule has 0 aliphatic heterocycles. The monoisotopic (exact) mass is 243 g/mol. The molecule has 0 aliphatic rings. The van der Waals surface area contributed by atoms with Crippen molar-refractivity contribution in [1.29, 1.82) is 0 Å². The summed E-state index contributed by atoms with van der Waals surface area (Å²) in [5, 5.41) is 10.4. The van der Waals surface area contributed by atoms with Crippen LogP contribution in [0.25, 0.3) is 0 Å². The van der Waals surface area contributed by atoms with E-state index in [1.165, 1.54) is 18.2 Å². The fourth-order valence-corrected chi connectivity index (χ4v) is 1.23. The van der Waals surface area contributed by atoms with Crippen LogP contribution in [0.15, 0.2) is 18.2 Å². The largest absolute Gasteiger partial charge is 0.281 e. The normalized spacial score (nSPS) is 9.69. The van der Waals surface area contributed by atoms with Gasteiger partial charge in [0.1, 0.15) is 0 Å². The highest BCUT2D eigenvalue weighted by atomic mass is 79.9. The quantitative estimate of drug-likeness (QED) is 0.456. The van der Waals surface area contributed by atoms with Gasteiger partial charge in [0.05, 0.1) is 4.92 Å². The third-order valence-electron chi connectivity index (χ3n) is 1.62. The number of aryl methyl sites for hydroxylation is 1. The van der Waals surface area contributed by atoms with Crippen LogP contribution >= 0.6 is 15.9 Å². The smallest absolute Gasteiger partial charge is 0.272 e. The molecule has 1 aromatic carbocycles. The zero-order valence-electron chi connectivity index (χ0n) is 6.78. The van der Waals surface area contributed by atoms with Crippen LogP contribution in [0.1, 0.15) is 15.9 Å². The minimum Gasteiger partial charge on any atom is -0.281 e. The van der Waals surface area contributed by atoms with E-state index in [-0.39, 0.29) is 10.4 Å². The van der Waals surface area contributed by atoms with Crippen molar-refractivity contribution < 1.29 is 9.72 Å². The van der Waals surface area contributed by atoms with E-state index in [0.29, 0.717) is 11.1 Å². The lowest BCUT2D eigenvalue weighted by atomic mass is 10.1. The van der Waals surface area contributed by atoms with Crippen LogP contribution in [-0.4, -0.2) is 9.62 Å². The molecule has 0 spiro atoms. The summed E-state index contributed by atoms with van der Waals surface area (Å²) >= 11 is 2.77. The zero-order chi connectivity index (χ0) is 10.0. The molecule has 1 rings (SSSR count). The summed E-state index contributed by atoms with van der Waals surface area (Å²) in [5.74, 6) is 0. The zero-order valence-corrected chi connectivity index (χ0v) is 8.37. The molecular weight excluding hydrogens is 238 g/mol. The van der Waals surface area contributed by atoms with Crippen molar-refractivity contribution in [3.63, 3.8) is 0 Å². The predicted molar refractivity (Wildman–Crippen MR) is 51.1 cm³/mol. The molecule has 1 aromatic rings. The summed E-state index contributed by atoms with van der Waals surface area (Å²) in [7, 11) is 0.